The lowest BCUT2D eigenvalue weighted by atomic mass is 9.82. The van der Waals surface area contributed by atoms with Gasteiger partial charge in [0.15, 0.2) is 17.5 Å². The molecule has 5 heteroatoms. The van der Waals surface area contributed by atoms with Crippen LogP contribution in [0.4, 0.5) is 0 Å². The topological polar surface area (TPSA) is 56.7 Å². The Bertz CT molecular complexity index is 3390. The van der Waals surface area contributed by atoms with E-state index < -0.39 is 0 Å². The Kier molecular flexibility index (Phi) is 6.62. The lowest BCUT2D eigenvalue weighted by Crippen LogP contribution is -2.15. The van der Waals surface area contributed by atoms with Gasteiger partial charge in [-0.05, 0) is 64.0 Å². The highest BCUT2D eigenvalue weighted by molar-refractivity contribution is 6.21. The summed E-state index contributed by atoms with van der Waals surface area (Å²) in [6.07, 6.45) is 0. The van der Waals surface area contributed by atoms with Crippen molar-refractivity contribution in [2.24, 2.45) is 0 Å². The van der Waals surface area contributed by atoms with Gasteiger partial charge in [0, 0.05) is 43.7 Å². The third-order valence-corrected chi connectivity index (χ3v) is 12.1. The smallest absolute Gasteiger partial charge is 0.164 e. The lowest BCUT2D eigenvalue weighted by molar-refractivity contribution is 0.660. The molecule has 0 atom stereocenters. The maximum Gasteiger partial charge on any atom is 0.164 e. The average molecular weight is 731 g/mol. The molecule has 1 aliphatic rings. The summed E-state index contributed by atoms with van der Waals surface area (Å²) in [6, 6.07) is 59.9. The molecule has 0 fully saturated rings. The molecule has 1 aliphatic carbocycles. The molecule has 0 N–H and O–H groups in total. The molecule has 57 heavy (non-hydrogen) atoms. The number of fused-ring (bicyclic) bond motifs is 11. The first-order valence-corrected chi connectivity index (χ1v) is 19.5. The maximum atomic E-state index is 6.83. The number of furan rings is 1. The molecular weight excluding hydrogens is 697 g/mol. The Morgan fingerprint density at radius 1 is 0.439 bits per heavy atom. The summed E-state index contributed by atoms with van der Waals surface area (Å²) in [5.41, 5.74) is 12.9. The van der Waals surface area contributed by atoms with Crippen molar-refractivity contribution in [1.82, 2.24) is 19.5 Å². The molecule has 8 aromatic carbocycles. The van der Waals surface area contributed by atoms with E-state index in [0.29, 0.717) is 17.5 Å². The SMILES string of the molecule is CC1(C)c2ccccc2-c2ccc(-c3nc(-c4ccccc4)nc(-c4cc5c(oc6cccc(-n7c8ccccc8c8ccccc87)c65)c5ccccc45)n3)cc21. The van der Waals surface area contributed by atoms with Crippen LogP contribution in [0.3, 0.4) is 0 Å². The van der Waals surface area contributed by atoms with E-state index in [9.17, 15) is 0 Å². The van der Waals surface area contributed by atoms with Gasteiger partial charge in [0.25, 0.3) is 0 Å². The van der Waals surface area contributed by atoms with Gasteiger partial charge in [0.1, 0.15) is 11.2 Å². The van der Waals surface area contributed by atoms with Crippen molar-refractivity contribution >= 4 is 54.5 Å². The Labute approximate surface area is 328 Å². The number of hydrogen-bond donors (Lipinski definition) is 0. The second-order valence-corrected chi connectivity index (χ2v) is 15.6. The molecule has 0 amide bonds. The molecule has 268 valence electrons. The minimum Gasteiger partial charge on any atom is -0.455 e. The number of para-hydroxylation sites is 2. The highest BCUT2D eigenvalue weighted by Gasteiger charge is 2.35. The molecular formula is C52H34N4O. The van der Waals surface area contributed by atoms with Crippen LogP contribution in [0.25, 0.3) is 105 Å². The third-order valence-electron chi connectivity index (χ3n) is 12.1. The fraction of sp³-hybridized carbons (Fsp3) is 0.0577. The molecule has 5 nitrogen and oxygen atoms in total. The summed E-state index contributed by atoms with van der Waals surface area (Å²) in [7, 11) is 0. The number of aromatic nitrogens is 4. The van der Waals surface area contributed by atoms with Gasteiger partial charge in [-0.3, -0.25) is 0 Å². The van der Waals surface area contributed by atoms with Gasteiger partial charge in [-0.25, -0.2) is 15.0 Å². The summed E-state index contributed by atoms with van der Waals surface area (Å²) < 4.78 is 9.20. The lowest BCUT2D eigenvalue weighted by Gasteiger charge is -2.21. The third kappa shape index (κ3) is 4.60. The van der Waals surface area contributed by atoms with Crippen LogP contribution in [0, 0.1) is 0 Å². The fourth-order valence-corrected chi connectivity index (χ4v) is 9.37. The second kappa shape index (κ2) is 11.8. The number of benzene rings is 8. The van der Waals surface area contributed by atoms with Gasteiger partial charge >= 0.3 is 0 Å². The van der Waals surface area contributed by atoms with Crippen molar-refractivity contribution in [2.75, 3.05) is 0 Å². The molecule has 0 saturated heterocycles. The van der Waals surface area contributed by atoms with Crippen molar-refractivity contribution in [3.8, 4) is 51.0 Å². The first-order chi connectivity index (χ1) is 28.0. The second-order valence-electron chi connectivity index (χ2n) is 15.6. The van der Waals surface area contributed by atoms with E-state index in [4.69, 9.17) is 19.4 Å². The van der Waals surface area contributed by atoms with Gasteiger partial charge in [0.2, 0.25) is 0 Å². The van der Waals surface area contributed by atoms with Gasteiger partial charge in [0.05, 0.1) is 22.1 Å². The highest BCUT2D eigenvalue weighted by atomic mass is 16.3. The Hall–Kier alpha value is -7.37. The van der Waals surface area contributed by atoms with E-state index >= 15 is 0 Å². The van der Waals surface area contributed by atoms with E-state index in [2.05, 4.69) is 170 Å². The van der Waals surface area contributed by atoms with Gasteiger partial charge < -0.3 is 8.98 Å². The van der Waals surface area contributed by atoms with Crippen LogP contribution in [0.2, 0.25) is 0 Å². The zero-order valence-corrected chi connectivity index (χ0v) is 31.4. The van der Waals surface area contributed by atoms with E-state index in [0.717, 1.165) is 66.1 Å². The molecule has 3 aromatic heterocycles. The van der Waals surface area contributed by atoms with Crippen LogP contribution in [0.5, 0.6) is 0 Å². The Balaban J connectivity index is 1.13. The molecule has 12 rings (SSSR count). The normalized spacial score (nSPS) is 13.2. The van der Waals surface area contributed by atoms with E-state index in [-0.39, 0.29) is 5.41 Å². The fourth-order valence-electron chi connectivity index (χ4n) is 9.37. The molecule has 0 unspecified atom stereocenters. The zero-order valence-electron chi connectivity index (χ0n) is 31.4. The molecule has 0 saturated carbocycles. The van der Waals surface area contributed by atoms with Crippen LogP contribution in [-0.4, -0.2) is 19.5 Å². The van der Waals surface area contributed by atoms with E-state index in [1.54, 1.807) is 0 Å². The quantitative estimate of drug-likeness (QED) is 0.181. The van der Waals surface area contributed by atoms with E-state index in [1.807, 2.05) is 18.2 Å². The summed E-state index contributed by atoms with van der Waals surface area (Å²) in [4.78, 5) is 15.8. The number of rotatable bonds is 4. The number of nitrogens with zero attached hydrogens (tertiary/aromatic N) is 4. The Morgan fingerprint density at radius 3 is 1.82 bits per heavy atom. The van der Waals surface area contributed by atoms with Crippen molar-refractivity contribution in [3.63, 3.8) is 0 Å². The summed E-state index contributed by atoms with van der Waals surface area (Å²) in [5.74, 6) is 1.88. The number of hydrogen-bond acceptors (Lipinski definition) is 4. The molecule has 0 spiro atoms. The predicted octanol–water partition coefficient (Wildman–Crippen LogP) is 13.3. The molecule has 0 aliphatic heterocycles. The van der Waals surface area contributed by atoms with E-state index in [1.165, 1.54) is 33.0 Å². The first kappa shape index (κ1) is 31.9. The molecule has 0 radical (unpaired) electrons. The standard InChI is InChI=1S/C52H34N4O/c1-52(2)41-22-11-8-18-34(41)35-28-27-32(29-42(35)52)50-53-49(31-15-4-3-5-16-31)54-51(55-50)39-30-40-47-45(25-14-26-46(47)57-48(40)38-21-7-6-17-33(38)39)56-43-23-12-9-19-36(43)37-20-10-13-24-44(37)56/h3-30H,1-2H3. The summed E-state index contributed by atoms with van der Waals surface area (Å²) >= 11 is 0. The molecule has 11 aromatic rings. The highest BCUT2D eigenvalue weighted by Crippen LogP contribution is 2.50. The molecule has 0 bridgehead atoms. The maximum absolute atomic E-state index is 6.83. The van der Waals surface area contributed by atoms with Crippen LogP contribution >= 0.6 is 0 Å². The van der Waals surface area contributed by atoms with Crippen LogP contribution in [0.15, 0.2) is 174 Å². The minimum atomic E-state index is -0.155. The van der Waals surface area contributed by atoms with Crippen molar-refractivity contribution < 1.29 is 4.42 Å². The largest absolute Gasteiger partial charge is 0.455 e. The summed E-state index contributed by atoms with van der Waals surface area (Å²) in [6.45, 7) is 4.61. The Morgan fingerprint density at radius 2 is 1.05 bits per heavy atom. The van der Waals surface area contributed by atoms with Gasteiger partial charge in [-0.2, -0.15) is 0 Å². The van der Waals surface area contributed by atoms with Crippen molar-refractivity contribution in [3.05, 3.63) is 181 Å². The first-order valence-electron chi connectivity index (χ1n) is 19.5. The van der Waals surface area contributed by atoms with Gasteiger partial charge in [-0.1, -0.05) is 147 Å². The zero-order chi connectivity index (χ0) is 37.8. The van der Waals surface area contributed by atoms with Gasteiger partial charge in [-0.15, -0.1) is 0 Å². The van der Waals surface area contributed by atoms with Crippen LogP contribution in [0.1, 0.15) is 25.0 Å². The van der Waals surface area contributed by atoms with Crippen LogP contribution in [-0.2, 0) is 5.41 Å². The average Bonchev–Trinajstić information content (AvgIpc) is 3.89. The van der Waals surface area contributed by atoms with Crippen molar-refractivity contribution in [1.29, 1.82) is 0 Å². The molecule has 3 heterocycles. The van der Waals surface area contributed by atoms with Crippen LogP contribution < -0.4 is 0 Å². The summed E-state index contributed by atoms with van der Waals surface area (Å²) in [5, 5.41) is 6.52. The predicted molar refractivity (Wildman–Crippen MR) is 233 cm³/mol. The monoisotopic (exact) mass is 730 g/mol. The van der Waals surface area contributed by atoms with Crippen molar-refractivity contribution in [2.45, 2.75) is 19.3 Å². The minimum absolute atomic E-state index is 0.155.